The van der Waals surface area contributed by atoms with Gasteiger partial charge in [0.1, 0.15) is 5.75 Å². The Balaban J connectivity index is 1.68. The van der Waals surface area contributed by atoms with E-state index in [4.69, 9.17) is 9.15 Å². The topological polar surface area (TPSA) is 93.8 Å². The van der Waals surface area contributed by atoms with Crippen molar-refractivity contribution in [2.24, 2.45) is 5.10 Å². The number of benzene rings is 1. The fourth-order valence-electron chi connectivity index (χ4n) is 1.95. The largest absolute Gasteiger partial charge is 0.457 e. The van der Waals surface area contributed by atoms with E-state index < -0.39 is 11.9 Å². The SMILES string of the molecule is O=C(NN=Cc1ccccc1OC(=O)c1ccco1)c1cccnc1. The highest BCUT2D eigenvalue weighted by molar-refractivity contribution is 5.95. The van der Waals surface area contributed by atoms with Crippen LogP contribution in [0.4, 0.5) is 0 Å². The van der Waals surface area contributed by atoms with Gasteiger partial charge in [0, 0.05) is 18.0 Å². The highest BCUT2D eigenvalue weighted by atomic mass is 16.5. The summed E-state index contributed by atoms with van der Waals surface area (Å²) in [5.41, 5.74) is 3.30. The zero-order valence-electron chi connectivity index (χ0n) is 13.0. The van der Waals surface area contributed by atoms with Gasteiger partial charge in [-0.3, -0.25) is 9.78 Å². The number of para-hydroxylation sites is 1. The Hall–Kier alpha value is -3.74. The lowest BCUT2D eigenvalue weighted by Gasteiger charge is -2.05. The molecule has 0 saturated carbocycles. The number of pyridine rings is 1. The van der Waals surface area contributed by atoms with Crippen molar-refractivity contribution in [1.82, 2.24) is 10.4 Å². The smallest absolute Gasteiger partial charge is 0.379 e. The van der Waals surface area contributed by atoms with Crippen LogP contribution in [0.1, 0.15) is 26.5 Å². The Morgan fingerprint density at radius 2 is 2.00 bits per heavy atom. The molecular formula is C18H13N3O4. The normalized spacial score (nSPS) is 10.6. The van der Waals surface area contributed by atoms with Gasteiger partial charge in [0.15, 0.2) is 0 Å². The summed E-state index contributed by atoms with van der Waals surface area (Å²) in [5.74, 6) is -0.625. The number of aromatic nitrogens is 1. The van der Waals surface area contributed by atoms with E-state index in [9.17, 15) is 9.59 Å². The zero-order chi connectivity index (χ0) is 17.5. The molecule has 0 fully saturated rings. The molecule has 25 heavy (non-hydrogen) atoms. The molecule has 0 spiro atoms. The van der Waals surface area contributed by atoms with Crippen LogP contribution < -0.4 is 10.2 Å². The first-order valence-electron chi connectivity index (χ1n) is 7.32. The molecule has 1 amide bonds. The van der Waals surface area contributed by atoms with Crippen molar-refractivity contribution in [3.8, 4) is 5.75 Å². The van der Waals surface area contributed by atoms with E-state index in [-0.39, 0.29) is 5.76 Å². The molecule has 0 atom stereocenters. The predicted octanol–water partition coefficient (Wildman–Crippen LogP) is 2.66. The van der Waals surface area contributed by atoms with E-state index in [1.165, 1.54) is 24.7 Å². The summed E-state index contributed by atoms with van der Waals surface area (Å²) in [6, 6.07) is 13.2. The van der Waals surface area contributed by atoms with Crippen molar-refractivity contribution in [3.05, 3.63) is 84.1 Å². The molecule has 0 aliphatic carbocycles. The second-order valence-electron chi connectivity index (χ2n) is 4.85. The minimum absolute atomic E-state index is 0.0941. The molecule has 0 radical (unpaired) electrons. The summed E-state index contributed by atoms with van der Waals surface area (Å²) >= 11 is 0. The molecule has 0 bridgehead atoms. The first-order valence-corrected chi connectivity index (χ1v) is 7.32. The van der Waals surface area contributed by atoms with E-state index >= 15 is 0 Å². The Bertz CT molecular complexity index is 890. The molecule has 3 aromatic rings. The van der Waals surface area contributed by atoms with Crippen LogP contribution in [0.25, 0.3) is 0 Å². The number of hydrogen-bond donors (Lipinski definition) is 1. The van der Waals surface area contributed by atoms with Crippen LogP contribution in [0.15, 0.2) is 76.7 Å². The fourth-order valence-corrected chi connectivity index (χ4v) is 1.95. The molecule has 0 saturated heterocycles. The monoisotopic (exact) mass is 335 g/mol. The number of carbonyl (C=O) groups is 2. The van der Waals surface area contributed by atoms with Gasteiger partial charge >= 0.3 is 5.97 Å². The molecule has 1 N–H and O–H groups in total. The van der Waals surface area contributed by atoms with E-state index in [1.807, 2.05) is 0 Å². The number of hydrogen-bond acceptors (Lipinski definition) is 6. The summed E-state index contributed by atoms with van der Waals surface area (Å²) < 4.78 is 10.3. The zero-order valence-corrected chi connectivity index (χ0v) is 13.0. The van der Waals surface area contributed by atoms with Crippen molar-refractivity contribution in [2.75, 3.05) is 0 Å². The Kier molecular flexibility index (Phi) is 4.96. The van der Waals surface area contributed by atoms with Crippen LogP contribution in [-0.4, -0.2) is 23.1 Å². The standard InChI is InChI=1S/C18H13N3O4/c22-17(14-6-3-9-19-11-14)21-20-12-13-5-1-2-7-15(13)25-18(23)16-8-4-10-24-16/h1-12H,(H,21,22). The molecule has 2 aromatic heterocycles. The number of rotatable bonds is 5. The number of nitrogens with zero attached hydrogens (tertiary/aromatic N) is 2. The highest BCUT2D eigenvalue weighted by Crippen LogP contribution is 2.17. The lowest BCUT2D eigenvalue weighted by Crippen LogP contribution is -2.17. The third kappa shape index (κ3) is 4.17. The van der Waals surface area contributed by atoms with E-state index in [1.54, 1.807) is 48.7 Å². The Morgan fingerprint density at radius 1 is 1.12 bits per heavy atom. The second-order valence-corrected chi connectivity index (χ2v) is 4.85. The van der Waals surface area contributed by atoms with Gasteiger partial charge in [-0.25, -0.2) is 10.2 Å². The molecule has 7 heteroatoms. The molecule has 7 nitrogen and oxygen atoms in total. The predicted molar refractivity (Wildman–Crippen MR) is 89.4 cm³/mol. The molecule has 3 rings (SSSR count). The van der Waals surface area contributed by atoms with E-state index in [2.05, 4.69) is 15.5 Å². The van der Waals surface area contributed by atoms with E-state index in [0.29, 0.717) is 16.9 Å². The highest BCUT2D eigenvalue weighted by Gasteiger charge is 2.13. The first kappa shape index (κ1) is 16.1. The molecule has 0 aliphatic heterocycles. The average Bonchev–Trinajstić information content (AvgIpc) is 3.18. The first-order chi connectivity index (χ1) is 12.2. The van der Waals surface area contributed by atoms with Crippen molar-refractivity contribution in [1.29, 1.82) is 0 Å². The summed E-state index contributed by atoms with van der Waals surface area (Å²) in [7, 11) is 0. The Morgan fingerprint density at radius 3 is 2.76 bits per heavy atom. The van der Waals surface area contributed by atoms with Crippen molar-refractivity contribution in [3.63, 3.8) is 0 Å². The van der Waals surface area contributed by atoms with Crippen LogP contribution in [0, 0.1) is 0 Å². The summed E-state index contributed by atoms with van der Waals surface area (Å²) in [6.07, 6.45) is 5.78. The van der Waals surface area contributed by atoms with Crippen molar-refractivity contribution < 1.29 is 18.7 Å². The summed E-state index contributed by atoms with van der Waals surface area (Å²) in [4.78, 5) is 27.7. The maximum Gasteiger partial charge on any atom is 0.379 e. The molecule has 0 unspecified atom stereocenters. The molecular weight excluding hydrogens is 322 g/mol. The van der Waals surface area contributed by atoms with Gasteiger partial charge in [0.05, 0.1) is 18.0 Å². The fraction of sp³-hybridized carbons (Fsp3) is 0. The third-order valence-corrected chi connectivity index (χ3v) is 3.14. The van der Waals surface area contributed by atoms with Crippen LogP contribution >= 0.6 is 0 Å². The second kappa shape index (κ2) is 7.69. The number of carbonyl (C=O) groups excluding carboxylic acids is 2. The van der Waals surface area contributed by atoms with Gasteiger partial charge in [0.25, 0.3) is 5.91 Å². The molecule has 2 heterocycles. The number of nitrogens with one attached hydrogen (secondary N) is 1. The van der Waals surface area contributed by atoms with Crippen LogP contribution in [-0.2, 0) is 0 Å². The number of amides is 1. The third-order valence-electron chi connectivity index (χ3n) is 3.14. The number of esters is 1. The molecule has 1 aromatic carbocycles. The van der Waals surface area contributed by atoms with Crippen LogP contribution in [0.2, 0.25) is 0 Å². The minimum Gasteiger partial charge on any atom is -0.457 e. The van der Waals surface area contributed by atoms with Gasteiger partial charge in [0.2, 0.25) is 5.76 Å². The van der Waals surface area contributed by atoms with Gasteiger partial charge < -0.3 is 9.15 Å². The molecule has 124 valence electrons. The number of hydrazone groups is 1. The van der Waals surface area contributed by atoms with Gasteiger partial charge in [-0.1, -0.05) is 12.1 Å². The van der Waals surface area contributed by atoms with Crippen LogP contribution in [0.5, 0.6) is 5.75 Å². The van der Waals surface area contributed by atoms with Crippen molar-refractivity contribution in [2.45, 2.75) is 0 Å². The van der Waals surface area contributed by atoms with E-state index in [0.717, 1.165) is 0 Å². The average molecular weight is 335 g/mol. The number of ether oxygens (including phenoxy) is 1. The quantitative estimate of drug-likeness (QED) is 0.335. The summed E-state index contributed by atoms with van der Waals surface area (Å²) in [5, 5.41) is 3.88. The van der Waals surface area contributed by atoms with Gasteiger partial charge in [-0.2, -0.15) is 5.10 Å². The summed E-state index contributed by atoms with van der Waals surface area (Å²) in [6.45, 7) is 0. The van der Waals surface area contributed by atoms with Gasteiger partial charge in [-0.05, 0) is 36.4 Å². The maximum atomic E-state index is 12.0. The number of furan rings is 1. The van der Waals surface area contributed by atoms with Crippen LogP contribution in [0.3, 0.4) is 0 Å². The maximum absolute atomic E-state index is 12.0. The van der Waals surface area contributed by atoms with Crippen molar-refractivity contribution >= 4 is 18.1 Å². The minimum atomic E-state index is -0.620. The molecule has 0 aliphatic rings. The lowest BCUT2D eigenvalue weighted by atomic mass is 10.2. The Labute approximate surface area is 143 Å². The van der Waals surface area contributed by atoms with Gasteiger partial charge in [-0.15, -0.1) is 0 Å². The lowest BCUT2D eigenvalue weighted by molar-refractivity contribution is 0.0701.